The van der Waals surface area contributed by atoms with E-state index in [-0.39, 0.29) is 18.0 Å². The molecule has 0 atom stereocenters. The van der Waals surface area contributed by atoms with Gasteiger partial charge in [-0.1, -0.05) is 0 Å². The number of rotatable bonds is 3. The van der Waals surface area contributed by atoms with Gasteiger partial charge in [0.1, 0.15) is 5.67 Å². The van der Waals surface area contributed by atoms with Crippen molar-refractivity contribution in [2.45, 2.75) is 38.5 Å². The lowest BCUT2D eigenvalue weighted by Crippen LogP contribution is -2.56. The van der Waals surface area contributed by atoms with Gasteiger partial charge in [-0.25, -0.2) is 4.39 Å². The van der Waals surface area contributed by atoms with E-state index in [0.717, 1.165) is 0 Å². The lowest BCUT2D eigenvalue weighted by Gasteiger charge is -2.35. The van der Waals surface area contributed by atoms with Crippen LogP contribution in [0.1, 0.15) is 27.2 Å². The number of hydrogen-bond acceptors (Lipinski definition) is 2. The van der Waals surface area contributed by atoms with Gasteiger partial charge in [0.25, 0.3) is 0 Å². The summed E-state index contributed by atoms with van der Waals surface area (Å²) in [5.41, 5.74) is -1.14. The second kappa shape index (κ2) is 4.58. The van der Waals surface area contributed by atoms with Crippen LogP contribution >= 0.6 is 12.4 Å². The Morgan fingerprint density at radius 1 is 1.38 bits per heavy atom. The summed E-state index contributed by atoms with van der Waals surface area (Å²) in [6.07, 6.45) is 0.511. The van der Waals surface area contributed by atoms with Crippen molar-refractivity contribution in [3.63, 3.8) is 0 Å². The Morgan fingerprint density at radius 3 is 2.23 bits per heavy atom. The molecule has 0 aliphatic carbocycles. The molecule has 1 N–H and O–H groups in total. The van der Waals surface area contributed by atoms with E-state index in [9.17, 15) is 4.39 Å². The third-order valence-corrected chi connectivity index (χ3v) is 1.97. The molecule has 1 fully saturated rings. The average Bonchev–Trinajstić information content (AvgIpc) is 1.81. The fourth-order valence-corrected chi connectivity index (χ4v) is 1.11. The molecule has 0 aromatic carbocycles. The summed E-state index contributed by atoms with van der Waals surface area (Å²) in [7, 11) is 0. The Bertz CT molecular complexity index is 154. The minimum atomic E-state index is -0.995. The predicted octanol–water partition coefficient (Wildman–Crippen LogP) is 1.92. The third kappa shape index (κ3) is 4.79. The molecule has 1 heterocycles. The van der Waals surface area contributed by atoms with Gasteiger partial charge in [-0.3, -0.25) is 0 Å². The summed E-state index contributed by atoms with van der Waals surface area (Å²) >= 11 is 0. The molecule has 0 radical (unpaired) electrons. The molecule has 13 heavy (non-hydrogen) atoms. The van der Waals surface area contributed by atoms with Crippen molar-refractivity contribution in [3.05, 3.63) is 0 Å². The van der Waals surface area contributed by atoms with Crippen LogP contribution in [0, 0.1) is 0 Å². The lowest BCUT2D eigenvalue weighted by molar-refractivity contribution is -0.0344. The van der Waals surface area contributed by atoms with Crippen LogP contribution in [0.4, 0.5) is 4.39 Å². The SMILES string of the molecule is CC(C)(C)OCCC1(F)CNC1.Cl. The van der Waals surface area contributed by atoms with Crippen LogP contribution in [-0.2, 0) is 4.74 Å². The van der Waals surface area contributed by atoms with Gasteiger partial charge in [-0.15, -0.1) is 12.4 Å². The van der Waals surface area contributed by atoms with Crippen LogP contribution in [0.15, 0.2) is 0 Å². The minimum absolute atomic E-state index is 0. The molecule has 1 aliphatic rings. The van der Waals surface area contributed by atoms with Gasteiger partial charge in [0, 0.05) is 19.5 Å². The Hall–Kier alpha value is 0.140. The quantitative estimate of drug-likeness (QED) is 0.771. The van der Waals surface area contributed by atoms with Crippen molar-refractivity contribution in [3.8, 4) is 0 Å². The first-order valence-electron chi connectivity index (χ1n) is 4.45. The highest BCUT2D eigenvalue weighted by Gasteiger charge is 2.36. The number of nitrogens with one attached hydrogen (secondary N) is 1. The summed E-state index contributed by atoms with van der Waals surface area (Å²) in [5, 5.41) is 2.92. The molecule has 1 saturated heterocycles. The molecule has 1 aliphatic heterocycles. The van der Waals surface area contributed by atoms with Gasteiger partial charge in [0.15, 0.2) is 0 Å². The Kier molecular flexibility index (Phi) is 4.63. The highest BCUT2D eigenvalue weighted by Crippen LogP contribution is 2.21. The fraction of sp³-hybridized carbons (Fsp3) is 1.00. The van der Waals surface area contributed by atoms with Crippen LogP contribution in [0.2, 0.25) is 0 Å². The van der Waals surface area contributed by atoms with Gasteiger partial charge in [0.2, 0.25) is 0 Å². The average molecular weight is 212 g/mol. The van der Waals surface area contributed by atoms with Crippen LogP contribution in [0.25, 0.3) is 0 Å². The zero-order valence-electron chi connectivity index (χ0n) is 8.52. The van der Waals surface area contributed by atoms with Gasteiger partial charge < -0.3 is 10.1 Å². The molecular formula is C9H19ClFNO. The topological polar surface area (TPSA) is 21.3 Å². The van der Waals surface area contributed by atoms with E-state index in [4.69, 9.17) is 4.74 Å². The maximum atomic E-state index is 13.3. The predicted molar refractivity (Wildman–Crippen MR) is 54.3 cm³/mol. The Balaban J connectivity index is 0.00000144. The van der Waals surface area contributed by atoms with Crippen molar-refractivity contribution in [2.24, 2.45) is 0 Å². The summed E-state index contributed by atoms with van der Waals surface area (Å²) < 4.78 is 18.8. The van der Waals surface area contributed by atoms with Crippen molar-refractivity contribution < 1.29 is 9.13 Å². The van der Waals surface area contributed by atoms with Crippen LogP contribution in [0.3, 0.4) is 0 Å². The standard InChI is InChI=1S/C9H18FNO.ClH/c1-8(2,3)12-5-4-9(10)6-11-7-9;/h11H,4-7H2,1-3H3;1H. The first kappa shape index (κ1) is 13.1. The summed E-state index contributed by atoms with van der Waals surface area (Å²) in [4.78, 5) is 0. The molecule has 0 spiro atoms. The van der Waals surface area contributed by atoms with E-state index in [0.29, 0.717) is 26.1 Å². The van der Waals surface area contributed by atoms with E-state index in [1.807, 2.05) is 20.8 Å². The molecule has 0 amide bonds. The number of ether oxygens (including phenoxy) is 1. The van der Waals surface area contributed by atoms with E-state index in [2.05, 4.69) is 5.32 Å². The van der Waals surface area contributed by atoms with Crippen molar-refractivity contribution in [1.29, 1.82) is 0 Å². The normalized spacial score (nSPS) is 20.3. The molecule has 80 valence electrons. The van der Waals surface area contributed by atoms with E-state index >= 15 is 0 Å². The largest absolute Gasteiger partial charge is 0.376 e. The summed E-state index contributed by atoms with van der Waals surface area (Å²) in [6, 6.07) is 0. The van der Waals surface area contributed by atoms with E-state index < -0.39 is 5.67 Å². The number of alkyl halides is 1. The second-order valence-electron chi connectivity index (χ2n) is 4.47. The van der Waals surface area contributed by atoms with Crippen LogP contribution in [-0.4, -0.2) is 31.0 Å². The van der Waals surface area contributed by atoms with Crippen LogP contribution in [0.5, 0.6) is 0 Å². The van der Waals surface area contributed by atoms with Crippen molar-refractivity contribution in [1.82, 2.24) is 5.32 Å². The maximum absolute atomic E-state index is 13.3. The molecular weight excluding hydrogens is 193 g/mol. The van der Waals surface area contributed by atoms with Gasteiger partial charge in [-0.05, 0) is 20.8 Å². The van der Waals surface area contributed by atoms with Crippen molar-refractivity contribution >= 4 is 12.4 Å². The third-order valence-electron chi connectivity index (χ3n) is 1.97. The molecule has 0 bridgehead atoms. The molecule has 0 aromatic rings. The zero-order valence-corrected chi connectivity index (χ0v) is 9.34. The summed E-state index contributed by atoms with van der Waals surface area (Å²) in [6.45, 7) is 7.44. The van der Waals surface area contributed by atoms with Gasteiger partial charge in [0.05, 0.1) is 12.2 Å². The smallest absolute Gasteiger partial charge is 0.137 e. The highest BCUT2D eigenvalue weighted by atomic mass is 35.5. The Morgan fingerprint density at radius 2 is 1.92 bits per heavy atom. The molecule has 4 heteroatoms. The Labute approximate surface area is 85.6 Å². The second-order valence-corrected chi connectivity index (χ2v) is 4.47. The van der Waals surface area contributed by atoms with Gasteiger partial charge in [-0.2, -0.15) is 0 Å². The first-order chi connectivity index (χ1) is 5.41. The van der Waals surface area contributed by atoms with E-state index in [1.54, 1.807) is 0 Å². The highest BCUT2D eigenvalue weighted by molar-refractivity contribution is 5.85. The first-order valence-corrected chi connectivity index (χ1v) is 4.45. The molecule has 0 saturated carbocycles. The zero-order chi connectivity index (χ0) is 9.24. The van der Waals surface area contributed by atoms with Gasteiger partial charge >= 0.3 is 0 Å². The fourth-order valence-electron chi connectivity index (χ4n) is 1.11. The number of hydrogen-bond donors (Lipinski definition) is 1. The molecule has 0 aromatic heterocycles. The van der Waals surface area contributed by atoms with E-state index in [1.165, 1.54) is 0 Å². The van der Waals surface area contributed by atoms with Crippen molar-refractivity contribution in [2.75, 3.05) is 19.7 Å². The summed E-state index contributed by atoms with van der Waals surface area (Å²) in [5.74, 6) is 0. The molecule has 0 unspecified atom stereocenters. The number of halogens is 2. The van der Waals surface area contributed by atoms with Crippen LogP contribution < -0.4 is 5.32 Å². The lowest BCUT2D eigenvalue weighted by atomic mass is 9.96. The minimum Gasteiger partial charge on any atom is -0.376 e. The monoisotopic (exact) mass is 211 g/mol. The molecule has 1 rings (SSSR count). The maximum Gasteiger partial charge on any atom is 0.137 e. The molecule has 2 nitrogen and oxygen atoms in total.